The lowest BCUT2D eigenvalue weighted by Gasteiger charge is -2.20. The topological polar surface area (TPSA) is 59.3 Å². The number of nitrogens with one attached hydrogen (secondary N) is 1. The van der Waals surface area contributed by atoms with Gasteiger partial charge in [0, 0.05) is 11.4 Å². The molecule has 2 heterocycles. The van der Waals surface area contributed by atoms with Crippen LogP contribution in [0.2, 0.25) is 0 Å². The Morgan fingerprint density at radius 2 is 2.09 bits per heavy atom. The molecule has 118 valence electrons. The number of hydrogen-bond donors (Lipinski definition) is 1. The maximum Gasteiger partial charge on any atom is 0.408 e. The molecule has 0 saturated heterocycles. The number of halogens is 3. The summed E-state index contributed by atoms with van der Waals surface area (Å²) in [6.07, 6.45) is -2.23. The van der Waals surface area contributed by atoms with E-state index >= 15 is 0 Å². The van der Waals surface area contributed by atoms with Crippen LogP contribution in [0.1, 0.15) is 34.6 Å². The fraction of sp³-hybridized carbons (Fsp3) is 0.500. The fourth-order valence-electron chi connectivity index (χ4n) is 2.55. The highest BCUT2D eigenvalue weighted by molar-refractivity contribution is 5.99. The molecule has 2 aromatic heterocycles. The van der Waals surface area contributed by atoms with E-state index in [0.29, 0.717) is 18.5 Å². The minimum absolute atomic E-state index is 0.0571. The molecule has 0 unspecified atom stereocenters. The lowest BCUT2D eigenvalue weighted by Crippen LogP contribution is -2.46. The summed E-state index contributed by atoms with van der Waals surface area (Å²) in [5.74, 6) is -1.32. The second kappa shape index (κ2) is 4.96. The predicted octanol–water partition coefficient (Wildman–Crippen LogP) is 2.42. The van der Waals surface area contributed by atoms with E-state index in [4.69, 9.17) is 0 Å². The van der Waals surface area contributed by atoms with Crippen LogP contribution in [0.4, 0.5) is 13.2 Å². The first-order valence-electron chi connectivity index (χ1n) is 6.97. The standard InChI is InChI=1S/C14H15F3N4O/c1-7-5-8(2)21-12(19-7)10(6-18-21)13(22)20-11(9-3-4-9)14(15,16)17/h5-6,9,11H,3-4H2,1-2H3,(H,20,22)/t11-/m0/s1. The van der Waals surface area contributed by atoms with E-state index in [0.717, 1.165) is 5.69 Å². The van der Waals surface area contributed by atoms with Gasteiger partial charge in [-0.15, -0.1) is 0 Å². The van der Waals surface area contributed by atoms with Crippen molar-refractivity contribution in [1.29, 1.82) is 0 Å². The smallest absolute Gasteiger partial charge is 0.340 e. The predicted molar refractivity (Wildman–Crippen MR) is 72.5 cm³/mol. The normalized spacial score (nSPS) is 16.8. The van der Waals surface area contributed by atoms with E-state index < -0.39 is 24.0 Å². The van der Waals surface area contributed by atoms with Crippen molar-refractivity contribution >= 4 is 11.6 Å². The van der Waals surface area contributed by atoms with E-state index in [1.165, 1.54) is 10.7 Å². The number of amides is 1. The van der Waals surface area contributed by atoms with Crippen molar-refractivity contribution in [2.75, 3.05) is 0 Å². The molecule has 0 radical (unpaired) electrons. The Bertz CT molecular complexity index is 733. The maximum atomic E-state index is 13.0. The highest BCUT2D eigenvalue weighted by Crippen LogP contribution is 2.40. The number of carbonyl (C=O) groups excluding carboxylic acids is 1. The van der Waals surface area contributed by atoms with Crippen molar-refractivity contribution in [2.24, 2.45) is 5.92 Å². The SMILES string of the molecule is Cc1cc(C)n2ncc(C(=O)N[C@@H](C3CC3)C(F)(F)F)c2n1. The van der Waals surface area contributed by atoms with Gasteiger partial charge in [-0.3, -0.25) is 4.79 Å². The van der Waals surface area contributed by atoms with Gasteiger partial charge in [-0.25, -0.2) is 9.50 Å². The summed E-state index contributed by atoms with van der Waals surface area (Å²) >= 11 is 0. The quantitative estimate of drug-likeness (QED) is 0.947. The number of alkyl halides is 3. The average molecular weight is 312 g/mol. The van der Waals surface area contributed by atoms with Crippen LogP contribution in [-0.4, -0.2) is 32.7 Å². The molecular formula is C14H15F3N4O. The number of fused-ring (bicyclic) bond motifs is 1. The van der Waals surface area contributed by atoms with Crippen LogP contribution in [0.5, 0.6) is 0 Å². The zero-order valence-electron chi connectivity index (χ0n) is 12.1. The van der Waals surface area contributed by atoms with Crippen LogP contribution in [0.3, 0.4) is 0 Å². The molecule has 1 atom stereocenters. The van der Waals surface area contributed by atoms with Crippen LogP contribution < -0.4 is 5.32 Å². The lowest BCUT2D eigenvalue weighted by molar-refractivity contribution is -0.158. The van der Waals surface area contributed by atoms with Crippen molar-refractivity contribution in [3.05, 3.63) is 29.2 Å². The molecule has 1 aliphatic rings. The van der Waals surface area contributed by atoms with E-state index in [9.17, 15) is 18.0 Å². The van der Waals surface area contributed by atoms with Crippen molar-refractivity contribution in [3.63, 3.8) is 0 Å². The van der Waals surface area contributed by atoms with Crippen LogP contribution in [0.15, 0.2) is 12.3 Å². The first-order valence-corrected chi connectivity index (χ1v) is 6.97. The number of carbonyl (C=O) groups is 1. The molecule has 22 heavy (non-hydrogen) atoms. The van der Waals surface area contributed by atoms with Gasteiger partial charge in [0.25, 0.3) is 5.91 Å². The molecule has 1 aliphatic carbocycles. The summed E-state index contributed by atoms with van der Waals surface area (Å²) in [5.41, 5.74) is 1.76. The first kappa shape index (κ1) is 14.8. The molecule has 0 aliphatic heterocycles. The van der Waals surface area contributed by atoms with Gasteiger partial charge in [0.2, 0.25) is 0 Å². The van der Waals surface area contributed by atoms with Gasteiger partial charge in [0.05, 0.1) is 6.20 Å². The molecule has 1 amide bonds. The molecule has 3 rings (SSSR count). The molecule has 1 fully saturated rings. The van der Waals surface area contributed by atoms with Gasteiger partial charge in [-0.2, -0.15) is 18.3 Å². The summed E-state index contributed by atoms with van der Waals surface area (Å²) in [7, 11) is 0. The Balaban J connectivity index is 1.92. The number of aryl methyl sites for hydroxylation is 2. The van der Waals surface area contributed by atoms with Gasteiger partial charge in [0.1, 0.15) is 11.6 Å². The Hall–Kier alpha value is -2.12. The van der Waals surface area contributed by atoms with Gasteiger partial charge >= 0.3 is 6.18 Å². The number of hydrogen-bond acceptors (Lipinski definition) is 3. The van der Waals surface area contributed by atoms with Crippen molar-refractivity contribution in [3.8, 4) is 0 Å². The maximum absolute atomic E-state index is 13.0. The second-order valence-corrected chi connectivity index (χ2v) is 5.66. The third-order valence-corrected chi connectivity index (χ3v) is 3.76. The molecule has 5 nitrogen and oxygen atoms in total. The molecule has 1 saturated carbocycles. The summed E-state index contributed by atoms with van der Waals surface area (Å²) in [6.45, 7) is 3.55. The zero-order chi connectivity index (χ0) is 16.1. The second-order valence-electron chi connectivity index (χ2n) is 5.66. The Labute approximate surface area is 124 Å². The lowest BCUT2D eigenvalue weighted by atomic mass is 10.1. The van der Waals surface area contributed by atoms with E-state index in [1.54, 1.807) is 19.9 Å². The number of aromatic nitrogens is 3. The van der Waals surface area contributed by atoms with E-state index in [-0.39, 0.29) is 11.2 Å². The molecule has 1 N–H and O–H groups in total. The Kier molecular flexibility index (Phi) is 3.34. The Morgan fingerprint density at radius 3 is 2.68 bits per heavy atom. The van der Waals surface area contributed by atoms with Crippen LogP contribution >= 0.6 is 0 Å². The zero-order valence-corrected chi connectivity index (χ0v) is 12.1. The van der Waals surface area contributed by atoms with Crippen molar-refractivity contribution in [1.82, 2.24) is 19.9 Å². The molecular weight excluding hydrogens is 297 g/mol. The van der Waals surface area contributed by atoms with Crippen molar-refractivity contribution < 1.29 is 18.0 Å². The monoisotopic (exact) mass is 312 g/mol. The third kappa shape index (κ3) is 2.65. The number of nitrogens with zero attached hydrogens (tertiary/aromatic N) is 3. The van der Waals surface area contributed by atoms with E-state index in [2.05, 4.69) is 15.4 Å². The molecule has 2 aromatic rings. The largest absolute Gasteiger partial charge is 0.408 e. The van der Waals surface area contributed by atoms with Crippen LogP contribution in [0, 0.1) is 19.8 Å². The van der Waals surface area contributed by atoms with E-state index in [1.807, 2.05) is 0 Å². The minimum atomic E-state index is -4.45. The molecule has 0 aromatic carbocycles. The molecule has 0 bridgehead atoms. The summed E-state index contributed by atoms with van der Waals surface area (Å²) < 4.78 is 40.5. The van der Waals surface area contributed by atoms with Crippen LogP contribution in [-0.2, 0) is 0 Å². The van der Waals surface area contributed by atoms with Gasteiger partial charge in [0.15, 0.2) is 5.65 Å². The van der Waals surface area contributed by atoms with Crippen LogP contribution in [0.25, 0.3) is 5.65 Å². The fourth-order valence-corrected chi connectivity index (χ4v) is 2.55. The summed E-state index contributed by atoms with van der Waals surface area (Å²) in [4.78, 5) is 16.4. The van der Waals surface area contributed by atoms with Gasteiger partial charge in [-0.05, 0) is 38.7 Å². The average Bonchev–Trinajstić information content (AvgIpc) is 3.13. The summed E-state index contributed by atoms with van der Waals surface area (Å²) in [6, 6.07) is -0.0226. The third-order valence-electron chi connectivity index (χ3n) is 3.76. The Morgan fingerprint density at radius 1 is 1.41 bits per heavy atom. The first-order chi connectivity index (χ1) is 10.3. The van der Waals surface area contributed by atoms with Gasteiger partial charge < -0.3 is 5.32 Å². The summed E-state index contributed by atoms with van der Waals surface area (Å²) in [5, 5.41) is 6.12. The number of rotatable bonds is 3. The minimum Gasteiger partial charge on any atom is -0.340 e. The van der Waals surface area contributed by atoms with Gasteiger partial charge in [-0.1, -0.05) is 0 Å². The highest BCUT2D eigenvalue weighted by atomic mass is 19.4. The molecule has 0 spiro atoms. The van der Waals surface area contributed by atoms with Crippen molar-refractivity contribution in [2.45, 2.75) is 38.9 Å². The molecule has 8 heteroatoms. The highest BCUT2D eigenvalue weighted by Gasteiger charge is 2.49.